The number of hydrogen-bond donors (Lipinski definition) is 0. The van der Waals surface area contributed by atoms with E-state index in [2.05, 4.69) is 31.9 Å². The lowest BCUT2D eigenvalue weighted by atomic mass is 10.3. The second-order valence-electron chi connectivity index (χ2n) is 5.70. The molecule has 0 aliphatic carbocycles. The minimum atomic E-state index is -3.39. The van der Waals surface area contributed by atoms with Gasteiger partial charge in [-0.1, -0.05) is 78.4 Å². The molecular formula is C18H8Br2Cl3O3PS2. The Kier molecular flexibility index (Phi) is 6.70. The molecule has 0 radical (unpaired) electrons. The first-order chi connectivity index (χ1) is 13.7. The third-order valence-corrected chi connectivity index (χ3v) is 8.38. The Morgan fingerprint density at radius 3 is 1.79 bits per heavy atom. The van der Waals surface area contributed by atoms with Gasteiger partial charge in [-0.3, -0.25) is 0 Å². The highest BCUT2D eigenvalue weighted by Crippen LogP contribution is 2.58. The van der Waals surface area contributed by atoms with Gasteiger partial charge >= 0.3 is 6.72 Å². The quantitative estimate of drug-likeness (QED) is 0.262. The van der Waals surface area contributed by atoms with Crippen LogP contribution in [0.1, 0.15) is 0 Å². The maximum absolute atomic E-state index is 6.28. The average Bonchev–Trinajstić information content (AvgIpc) is 2.62. The summed E-state index contributed by atoms with van der Waals surface area (Å²) in [7, 11) is 0. The molecule has 1 aliphatic rings. The Hall–Kier alpha value is -0.110. The highest BCUT2D eigenvalue weighted by Gasteiger charge is 2.33. The van der Waals surface area contributed by atoms with Crippen LogP contribution in [0.2, 0.25) is 15.1 Å². The van der Waals surface area contributed by atoms with E-state index in [1.165, 1.54) is 23.9 Å². The lowest BCUT2D eigenvalue weighted by Gasteiger charge is -2.28. The summed E-state index contributed by atoms with van der Waals surface area (Å²) < 4.78 is 20.0. The van der Waals surface area contributed by atoms with Crippen LogP contribution in [0.3, 0.4) is 0 Å². The monoisotopic (exact) mass is 630 g/mol. The fourth-order valence-electron chi connectivity index (χ4n) is 2.42. The molecule has 0 N–H and O–H groups in total. The normalized spacial score (nSPS) is 14.5. The van der Waals surface area contributed by atoms with E-state index in [9.17, 15) is 0 Å². The molecule has 0 saturated heterocycles. The van der Waals surface area contributed by atoms with Crippen LogP contribution in [-0.4, -0.2) is 0 Å². The Balaban J connectivity index is 1.84. The standard InChI is InChI=1S/C18H8Br2Cl3O3PS2/c19-9-1-3-14-16(5-9)29-17-6-10(20)2-4-15(17)25-27(28,24-14)26-18-12(22)7-11(21)8-13(18)23/h1-8H. The van der Waals surface area contributed by atoms with E-state index in [4.69, 9.17) is 60.2 Å². The van der Waals surface area contributed by atoms with Crippen molar-refractivity contribution in [2.75, 3.05) is 0 Å². The zero-order valence-electron chi connectivity index (χ0n) is 14.0. The first kappa shape index (κ1) is 22.1. The van der Waals surface area contributed by atoms with Crippen LogP contribution < -0.4 is 13.6 Å². The Morgan fingerprint density at radius 2 is 1.31 bits per heavy atom. The van der Waals surface area contributed by atoms with E-state index >= 15 is 0 Å². The van der Waals surface area contributed by atoms with Crippen LogP contribution >= 0.6 is 85.1 Å². The van der Waals surface area contributed by atoms with Crippen molar-refractivity contribution in [3.05, 3.63) is 72.5 Å². The summed E-state index contributed by atoms with van der Waals surface area (Å²) in [6.45, 7) is -3.39. The summed E-state index contributed by atoms with van der Waals surface area (Å²) >= 11 is 32.8. The van der Waals surface area contributed by atoms with Crippen LogP contribution in [0.4, 0.5) is 0 Å². The molecule has 3 aromatic rings. The SMILES string of the molecule is S=P1(Oc2c(Cl)cc(Cl)cc2Cl)Oc2ccc(Br)cc2Sc2cc(Br)ccc2O1. The van der Waals surface area contributed by atoms with E-state index in [0.29, 0.717) is 16.5 Å². The van der Waals surface area contributed by atoms with Crippen molar-refractivity contribution < 1.29 is 13.6 Å². The third kappa shape index (κ3) is 5.04. The van der Waals surface area contributed by atoms with Gasteiger partial charge in [0.05, 0.1) is 19.8 Å². The predicted octanol–water partition coefficient (Wildman–Crippen LogP) is 9.40. The molecule has 0 aromatic heterocycles. The van der Waals surface area contributed by atoms with Gasteiger partial charge in [0, 0.05) is 25.8 Å². The summed E-state index contributed by atoms with van der Waals surface area (Å²) in [6, 6.07) is 14.2. The maximum atomic E-state index is 6.28. The minimum Gasteiger partial charge on any atom is -0.406 e. The second kappa shape index (κ2) is 8.79. The predicted molar refractivity (Wildman–Crippen MR) is 130 cm³/mol. The van der Waals surface area contributed by atoms with E-state index < -0.39 is 6.72 Å². The van der Waals surface area contributed by atoms with Crippen molar-refractivity contribution in [1.29, 1.82) is 0 Å². The third-order valence-electron chi connectivity index (χ3n) is 3.62. The Morgan fingerprint density at radius 1 is 0.828 bits per heavy atom. The number of hydrogen-bond acceptors (Lipinski definition) is 5. The first-order valence-electron chi connectivity index (χ1n) is 7.83. The molecule has 0 saturated carbocycles. The van der Waals surface area contributed by atoms with Crippen molar-refractivity contribution in [3.8, 4) is 17.2 Å². The largest absolute Gasteiger partial charge is 0.490 e. The summed E-state index contributed by atoms with van der Waals surface area (Å²) in [5.41, 5.74) is 0. The summed E-state index contributed by atoms with van der Waals surface area (Å²) in [6.07, 6.45) is 0. The summed E-state index contributed by atoms with van der Waals surface area (Å²) in [5, 5.41) is 0.801. The molecule has 3 aromatic carbocycles. The van der Waals surface area contributed by atoms with E-state index in [1.807, 2.05) is 24.3 Å². The molecule has 0 spiro atoms. The second-order valence-corrected chi connectivity index (χ2v) is 12.7. The van der Waals surface area contributed by atoms with Gasteiger partial charge in [0.2, 0.25) is 0 Å². The number of benzene rings is 3. The van der Waals surface area contributed by atoms with Crippen LogP contribution in [-0.2, 0) is 11.8 Å². The maximum Gasteiger partial charge on any atom is 0.490 e. The van der Waals surface area contributed by atoms with Crippen molar-refractivity contribution in [1.82, 2.24) is 0 Å². The molecule has 4 rings (SSSR count). The van der Waals surface area contributed by atoms with Crippen LogP contribution in [0, 0.1) is 0 Å². The lowest BCUT2D eigenvalue weighted by molar-refractivity contribution is 0.375. The lowest BCUT2D eigenvalue weighted by Crippen LogP contribution is -2.10. The summed E-state index contributed by atoms with van der Waals surface area (Å²) in [4.78, 5) is 1.71. The number of rotatable bonds is 2. The Bertz CT molecular complexity index is 1100. The van der Waals surface area contributed by atoms with Gasteiger partial charge in [-0.25, -0.2) is 0 Å². The zero-order chi connectivity index (χ0) is 20.8. The molecule has 0 amide bonds. The highest BCUT2D eigenvalue weighted by molar-refractivity contribution is 9.10. The average molecular weight is 634 g/mol. The Labute approximate surface area is 208 Å². The summed E-state index contributed by atoms with van der Waals surface area (Å²) in [5.74, 6) is 1.23. The molecule has 3 nitrogen and oxygen atoms in total. The highest BCUT2D eigenvalue weighted by atomic mass is 79.9. The molecule has 0 fully saturated rings. The van der Waals surface area contributed by atoms with Crippen LogP contribution in [0.15, 0.2) is 67.3 Å². The van der Waals surface area contributed by atoms with E-state index in [1.54, 1.807) is 12.1 Å². The number of fused-ring (bicyclic) bond motifs is 2. The molecule has 0 unspecified atom stereocenters. The van der Waals surface area contributed by atoms with Crippen molar-refractivity contribution in [2.24, 2.45) is 0 Å². The molecular weight excluding hydrogens is 625 g/mol. The fourth-order valence-corrected chi connectivity index (χ4v) is 7.63. The molecule has 1 heterocycles. The topological polar surface area (TPSA) is 27.7 Å². The molecule has 29 heavy (non-hydrogen) atoms. The van der Waals surface area contributed by atoms with Gasteiger partial charge in [-0.15, -0.1) is 0 Å². The van der Waals surface area contributed by atoms with Gasteiger partial charge in [0.15, 0.2) is 5.75 Å². The molecule has 0 atom stereocenters. The zero-order valence-corrected chi connectivity index (χ0v) is 22.0. The van der Waals surface area contributed by atoms with Crippen molar-refractivity contribution >= 4 is 97.0 Å². The molecule has 0 bridgehead atoms. The number of halogens is 5. The minimum absolute atomic E-state index is 0.159. The van der Waals surface area contributed by atoms with Gasteiger partial charge < -0.3 is 13.6 Å². The van der Waals surface area contributed by atoms with Gasteiger partial charge in [0.25, 0.3) is 0 Å². The van der Waals surface area contributed by atoms with E-state index in [0.717, 1.165) is 18.7 Å². The fraction of sp³-hybridized carbons (Fsp3) is 0. The molecule has 150 valence electrons. The van der Waals surface area contributed by atoms with Crippen molar-refractivity contribution in [3.63, 3.8) is 0 Å². The van der Waals surface area contributed by atoms with Crippen molar-refractivity contribution in [2.45, 2.75) is 9.79 Å². The van der Waals surface area contributed by atoms with Crippen LogP contribution in [0.25, 0.3) is 0 Å². The van der Waals surface area contributed by atoms with Crippen LogP contribution in [0.5, 0.6) is 17.2 Å². The van der Waals surface area contributed by atoms with Gasteiger partial charge in [-0.2, -0.15) is 0 Å². The van der Waals surface area contributed by atoms with E-state index in [-0.39, 0.29) is 15.8 Å². The molecule has 1 aliphatic heterocycles. The first-order valence-corrected chi connectivity index (χ1v) is 13.9. The smallest absolute Gasteiger partial charge is 0.406 e. The molecule has 11 heteroatoms. The van der Waals surface area contributed by atoms with Gasteiger partial charge in [-0.05, 0) is 48.5 Å². The van der Waals surface area contributed by atoms with Gasteiger partial charge in [0.1, 0.15) is 11.5 Å².